The Morgan fingerprint density at radius 2 is 1.84 bits per heavy atom. The molecule has 0 radical (unpaired) electrons. The minimum atomic E-state index is -1.29. The summed E-state index contributed by atoms with van der Waals surface area (Å²) in [7, 11) is 5.47. The number of hydrogen-bond donors (Lipinski definition) is 3. The molecular formula is C27H26FN7O3. The van der Waals surface area contributed by atoms with Gasteiger partial charge in [0.1, 0.15) is 22.7 Å². The molecule has 0 spiro atoms. The molecule has 3 N–H and O–H groups in total. The molecule has 6 rings (SSSR count). The molecule has 11 heteroatoms. The highest BCUT2D eigenvalue weighted by Crippen LogP contribution is 2.42. The number of carboxylic acid groups (broad SMARTS) is 1. The van der Waals surface area contributed by atoms with E-state index in [1.54, 1.807) is 32.6 Å². The van der Waals surface area contributed by atoms with Crippen molar-refractivity contribution in [3.63, 3.8) is 0 Å². The van der Waals surface area contributed by atoms with E-state index in [-0.39, 0.29) is 16.8 Å². The molecule has 0 amide bonds. The average molecular weight is 516 g/mol. The molecule has 1 aliphatic rings. The lowest BCUT2D eigenvalue weighted by atomic mass is 10.0. The van der Waals surface area contributed by atoms with Gasteiger partial charge in [0.05, 0.1) is 27.7 Å². The third-order valence-corrected chi connectivity index (χ3v) is 7.31. The van der Waals surface area contributed by atoms with E-state index < -0.39 is 11.4 Å². The number of pyridine rings is 3. The normalized spacial score (nSPS) is 14.6. The Morgan fingerprint density at radius 3 is 2.55 bits per heavy atom. The number of halogens is 1. The summed E-state index contributed by atoms with van der Waals surface area (Å²) >= 11 is 0. The minimum absolute atomic E-state index is 0.205. The van der Waals surface area contributed by atoms with E-state index in [4.69, 9.17) is 0 Å². The van der Waals surface area contributed by atoms with Gasteiger partial charge in [0.2, 0.25) is 5.43 Å². The van der Waals surface area contributed by atoms with E-state index in [2.05, 4.69) is 37.1 Å². The number of anilines is 2. The number of fused-ring (bicyclic) bond motifs is 4. The smallest absolute Gasteiger partial charge is 0.341 e. The van der Waals surface area contributed by atoms with Gasteiger partial charge in [-0.25, -0.2) is 19.2 Å². The highest BCUT2D eigenvalue weighted by molar-refractivity contribution is 6.17. The van der Waals surface area contributed by atoms with Gasteiger partial charge in [-0.2, -0.15) is 0 Å². The number of piperazine rings is 1. The van der Waals surface area contributed by atoms with Gasteiger partial charge >= 0.3 is 5.97 Å². The van der Waals surface area contributed by atoms with Crippen LogP contribution in [0.25, 0.3) is 44.1 Å². The molecule has 0 aliphatic carbocycles. The van der Waals surface area contributed by atoms with Crippen LogP contribution < -0.4 is 15.6 Å². The number of H-pyrrole nitrogens is 1. The van der Waals surface area contributed by atoms with Crippen LogP contribution in [0.1, 0.15) is 10.4 Å². The van der Waals surface area contributed by atoms with Crippen LogP contribution in [0, 0.1) is 5.82 Å². The Kier molecular flexibility index (Phi) is 5.53. The number of carbonyl (C=O) groups is 1. The Balaban J connectivity index is 1.68. The first-order valence-electron chi connectivity index (χ1n) is 12.2. The number of rotatable bonds is 4. The van der Waals surface area contributed by atoms with Crippen molar-refractivity contribution < 1.29 is 14.3 Å². The van der Waals surface area contributed by atoms with Gasteiger partial charge in [0.25, 0.3) is 0 Å². The fourth-order valence-electron chi connectivity index (χ4n) is 5.34. The Morgan fingerprint density at radius 1 is 1.08 bits per heavy atom. The van der Waals surface area contributed by atoms with Crippen molar-refractivity contribution >= 4 is 50.3 Å². The minimum Gasteiger partial charge on any atom is -0.477 e. The van der Waals surface area contributed by atoms with Crippen molar-refractivity contribution in [1.29, 1.82) is 0 Å². The van der Waals surface area contributed by atoms with Gasteiger partial charge in [-0.1, -0.05) is 0 Å². The van der Waals surface area contributed by atoms with E-state index >= 15 is 0 Å². The van der Waals surface area contributed by atoms with Gasteiger partial charge in [0, 0.05) is 75.4 Å². The molecule has 0 bridgehead atoms. The summed E-state index contributed by atoms with van der Waals surface area (Å²) in [5, 5.41) is 14.3. The van der Waals surface area contributed by atoms with Crippen molar-refractivity contribution in [3.05, 3.63) is 58.4 Å². The van der Waals surface area contributed by atoms with Gasteiger partial charge < -0.3 is 29.8 Å². The molecule has 1 fully saturated rings. The van der Waals surface area contributed by atoms with E-state index in [1.165, 1.54) is 22.9 Å². The summed E-state index contributed by atoms with van der Waals surface area (Å²) in [5.41, 5.74) is 3.69. The highest BCUT2D eigenvalue weighted by Gasteiger charge is 2.25. The molecule has 10 nitrogen and oxygen atoms in total. The summed E-state index contributed by atoms with van der Waals surface area (Å²) in [6, 6.07) is 4.62. The number of hydrogen-bond acceptors (Lipinski definition) is 7. The molecule has 1 saturated heterocycles. The first-order chi connectivity index (χ1) is 18.3. The van der Waals surface area contributed by atoms with Crippen molar-refractivity contribution in [2.24, 2.45) is 7.05 Å². The number of aryl methyl sites for hydroxylation is 1. The molecule has 0 unspecified atom stereocenters. The zero-order valence-corrected chi connectivity index (χ0v) is 21.2. The molecule has 0 saturated carbocycles. The SMILES string of the molecule is CNc1cc(F)cc2c1[nH]c1ncc(-c3cnc4c(c3)c(=O)c(C(=O)O)cn4C)c(N3CCN(C)CC3)c12. The summed E-state index contributed by atoms with van der Waals surface area (Å²) in [4.78, 5) is 41.8. The van der Waals surface area contributed by atoms with E-state index in [1.807, 2.05) is 0 Å². The zero-order chi connectivity index (χ0) is 26.7. The van der Waals surface area contributed by atoms with Gasteiger partial charge in [0.15, 0.2) is 0 Å². The second kappa shape index (κ2) is 8.80. The maximum Gasteiger partial charge on any atom is 0.341 e. The standard InChI is InChI=1S/C27H26FN7O3/c1-29-20-10-15(28)9-16-21-23(35-6-4-33(2)5-7-35)18(12-30-25(21)32-22(16)20)14-8-17-24(36)19(27(37)38)13-34(3)26(17)31-11-14/h8-13,29H,4-7H2,1-3H3,(H,30,32)(H,37,38). The highest BCUT2D eigenvalue weighted by atomic mass is 19.1. The molecule has 1 aromatic carbocycles. The molecular weight excluding hydrogens is 489 g/mol. The Hall–Kier alpha value is -4.51. The number of likely N-dealkylation sites (N-methyl/N-ethyl adjacent to an activating group) is 1. The van der Waals surface area contributed by atoms with Crippen LogP contribution in [0.4, 0.5) is 15.8 Å². The van der Waals surface area contributed by atoms with E-state index in [0.717, 1.165) is 48.3 Å². The lowest BCUT2D eigenvalue weighted by Crippen LogP contribution is -2.44. The number of aromatic amines is 1. The summed E-state index contributed by atoms with van der Waals surface area (Å²) < 4.78 is 16.2. The van der Waals surface area contributed by atoms with Crippen LogP contribution in [0.15, 0.2) is 41.6 Å². The van der Waals surface area contributed by atoms with Crippen LogP contribution in [-0.4, -0.2) is 75.8 Å². The third kappa shape index (κ3) is 3.66. The predicted octanol–water partition coefficient (Wildman–Crippen LogP) is 3.26. The third-order valence-electron chi connectivity index (χ3n) is 7.31. The second-order valence-corrected chi connectivity index (χ2v) is 9.67. The molecule has 5 aromatic rings. The van der Waals surface area contributed by atoms with E-state index in [9.17, 15) is 19.1 Å². The average Bonchev–Trinajstić information content (AvgIpc) is 3.28. The van der Waals surface area contributed by atoms with Gasteiger partial charge in [-0.05, 0) is 25.2 Å². The van der Waals surface area contributed by atoms with Crippen molar-refractivity contribution in [1.82, 2.24) is 24.4 Å². The van der Waals surface area contributed by atoms with Crippen LogP contribution in [0.3, 0.4) is 0 Å². The second-order valence-electron chi connectivity index (χ2n) is 9.67. The van der Waals surface area contributed by atoms with Crippen molar-refractivity contribution in [3.8, 4) is 11.1 Å². The predicted molar refractivity (Wildman–Crippen MR) is 146 cm³/mol. The summed E-state index contributed by atoms with van der Waals surface area (Å²) in [5.74, 6) is -1.66. The molecule has 0 atom stereocenters. The first-order valence-corrected chi connectivity index (χ1v) is 12.2. The maximum atomic E-state index is 14.7. The molecule has 1 aliphatic heterocycles. The zero-order valence-electron chi connectivity index (χ0n) is 21.2. The fourth-order valence-corrected chi connectivity index (χ4v) is 5.34. The largest absolute Gasteiger partial charge is 0.477 e. The monoisotopic (exact) mass is 515 g/mol. The molecule has 4 aromatic heterocycles. The fraction of sp³-hybridized carbons (Fsp3) is 0.259. The van der Waals surface area contributed by atoms with Crippen LogP contribution in [0.5, 0.6) is 0 Å². The number of nitrogens with one attached hydrogen (secondary N) is 2. The van der Waals surface area contributed by atoms with Crippen molar-refractivity contribution in [2.45, 2.75) is 0 Å². The molecule has 5 heterocycles. The lowest BCUT2D eigenvalue weighted by Gasteiger charge is -2.35. The number of nitrogens with zero attached hydrogens (tertiary/aromatic N) is 5. The summed E-state index contributed by atoms with van der Waals surface area (Å²) in [6.07, 6.45) is 4.68. The Bertz CT molecular complexity index is 1820. The topological polar surface area (TPSA) is 119 Å². The number of carboxylic acids is 1. The molecule has 194 valence electrons. The van der Waals surface area contributed by atoms with Crippen LogP contribution in [-0.2, 0) is 7.05 Å². The van der Waals surface area contributed by atoms with Gasteiger partial charge in [-0.3, -0.25) is 4.79 Å². The van der Waals surface area contributed by atoms with Crippen LogP contribution in [0.2, 0.25) is 0 Å². The maximum absolute atomic E-state index is 14.7. The molecule has 38 heavy (non-hydrogen) atoms. The van der Waals surface area contributed by atoms with E-state index in [0.29, 0.717) is 27.9 Å². The van der Waals surface area contributed by atoms with Crippen LogP contribution >= 0.6 is 0 Å². The lowest BCUT2D eigenvalue weighted by molar-refractivity contribution is 0.0695. The first kappa shape index (κ1) is 23.9. The number of aromatic nitrogens is 4. The van der Waals surface area contributed by atoms with Gasteiger partial charge in [-0.15, -0.1) is 0 Å². The Labute approximate surface area is 216 Å². The van der Waals surface area contributed by atoms with Crippen molar-refractivity contribution in [2.75, 3.05) is 50.5 Å². The number of benzene rings is 1. The number of aromatic carboxylic acids is 1. The summed E-state index contributed by atoms with van der Waals surface area (Å²) in [6.45, 7) is 3.19. The quantitative estimate of drug-likeness (QED) is 0.334.